The van der Waals surface area contributed by atoms with E-state index < -0.39 is 5.97 Å². The molecular formula is C20H25ClN4O4S. The SMILES string of the molecule is C/C(=C(/CCO)SCOC(=O)c1ccccc1)N(C=O)Cc1cnc(C)nc1N.Cl. The van der Waals surface area contributed by atoms with Crippen LogP contribution >= 0.6 is 24.2 Å². The third-order valence-corrected chi connectivity index (χ3v) is 5.18. The van der Waals surface area contributed by atoms with Crippen molar-refractivity contribution in [2.75, 3.05) is 18.3 Å². The fourth-order valence-electron chi connectivity index (χ4n) is 2.48. The molecule has 0 spiro atoms. The molecule has 1 aromatic carbocycles. The molecule has 0 unspecified atom stereocenters. The Morgan fingerprint density at radius 1 is 1.33 bits per heavy atom. The summed E-state index contributed by atoms with van der Waals surface area (Å²) in [5.74, 6) is 0.484. The second-order valence-corrected chi connectivity index (χ2v) is 7.12. The van der Waals surface area contributed by atoms with Crippen molar-refractivity contribution in [2.24, 2.45) is 0 Å². The van der Waals surface area contributed by atoms with Crippen LogP contribution in [0.2, 0.25) is 0 Å². The molecule has 3 N–H and O–H groups in total. The molecule has 1 heterocycles. The molecule has 0 aliphatic rings. The van der Waals surface area contributed by atoms with E-state index in [2.05, 4.69) is 9.97 Å². The number of benzene rings is 1. The average Bonchev–Trinajstić information content (AvgIpc) is 2.72. The van der Waals surface area contributed by atoms with Gasteiger partial charge < -0.3 is 20.5 Å². The average molecular weight is 453 g/mol. The number of anilines is 1. The minimum atomic E-state index is -0.434. The molecule has 0 bridgehead atoms. The van der Waals surface area contributed by atoms with Crippen LogP contribution in [0, 0.1) is 6.92 Å². The van der Waals surface area contributed by atoms with E-state index >= 15 is 0 Å². The fourth-order valence-corrected chi connectivity index (χ4v) is 3.35. The summed E-state index contributed by atoms with van der Waals surface area (Å²) in [7, 11) is 0. The van der Waals surface area contributed by atoms with Crippen LogP contribution in [0.15, 0.2) is 47.1 Å². The molecule has 0 aliphatic heterocycles. The van der Waals surface area contributed by atoms with E-state index in [4.69, 9.17) is 10.5 Å². The lowest BCUT2D eigenvalue weighted by molar-refractivity contribution is -0.116. The lowest BCUT2D eigenvalue weighted by Gasteiger charge is -2.22. The maximum absolute atomic E-state index is 12.1. The Bertz CT molecular complexity index is 880. The number of allylic oxidation sites excluding steroid dienone is 1. The third kappa shape index (κ3) is 7.33. The molecular weight excluding hydrogens is 428 g/mol. The smallest absolute Gasteiger partial charge is 0.338 e. The molecule has 2 aromatic rings. The number of nitrogen functional groups attached to an aromatic ring is 1. The molecule has 10 heteroatoms. The van der Waals surface area contributed by atoms with Gasteiger partial charge in [0.1, 0.15) is 17.6 Å². The largest absolute Gasteiger partial charge is 0.451 e. The summed E-state index contributed by atoms with van der Waals surface area (Å²) in [5.41, 5.74) is 7.63. The second-order valence-electron chi connectivity index (χ2n) is 6.10. The zero-order chi connectivity index (χ0) is 21.2. The number of ether oxygens (including phenoxy) is 1. The van der Waals surface area contributed by atoms with E-state index in [9.17, 15) is 14.7 Å². The number of hydrogen-bond acceptors (Lipinski definition) is 8. The van der Waals surface area contributed by atoms with Gasteiger partial charge in [-0.05, 0) is 26.0 Å². The van der Waals surface area contributed by atoms with Gasteiger partial charge >= 0.3 is 5.97 Å². The quantitative estimate of drug-likeness (QED) is 0.321. The maximum Gasteiger partial charge on any atom is 0.338 e. The first-order chi connectivity index (χ1) is 14.0. The van der Waals surface area contributed by atoms with Gasteiger partial charge in [-0.15, -0.1) is 12.4 Å². The van der Waals surface area contributed by atoms with E-state index in [0.717, 1.165) is 4.91 Å². The number of aliphatic hydroxyl groups is 1. The molecule has 0 saturated heterocycles. The minimum absolute atomic E-state index is 0. The van der Waals surface area contributed by atoms with E-state index in [-0.39, 0.29) is 31.5 Å². The number of halogens is 1. The number of hydrogen-bond donors (Lipinski definition) is 2. The van der Waals surface area contributed by atoms with Crippen LogP contribution in [-0.2, 0) is 16.1 Å². The predicted octanol–water partition coefficient (Wildman–Crippen LogP) is 2.91. The van der Waals surface area contributed by atoms with Crippen molar-refractivity contribution in [2.45, 2.75) is 26.8 Å². The van der Waals surface area contributed by atoms with Crippen LogP contribution in [0.3, 0.4) is 0 Å². The number of thioether (sulfide) groups is 1. The van der Waals surface area contributed by atoms with Gasteiger partial charge in [-0.1, -0.05) is 30.0 Å². The highest BCUT2D eigenvalue weighted by molar-refractivity contribution is 8.02. The van der Waals surface area contributed by atoms with Gasteiger partial charge in [0.15, 0.2) is 0 Å². The van der Waals surface area contributed by atoms with Crippen molar-refractivity contribution in [1.29, 1.82) is 0 Å². The molecule has 1 aromatic heterocycles. The van der Waals surface area contributed by atoms with Crippen LogP contribution in [0.5, 0.6) is 0 Å². The molecule has 0 aliphatic carbocycles. The number of carbonyl (C=O) groups is 2. The topological polar surface area (TPSA) is 119 Å². The predicted molar refractivity (Wildman–Crippen MR) is 119 cm³/mol. The van der Waals surface area contributed by atoms with E-state index in [1.807, 2.05) is 6.07 Å². The van der Waals surface area contributed by atoms with Crippen LogP contribution in [0.25, 0.3) is 0 Å². The van der Waals surface area contributed by atoms with Crippen LogP contribution in [-0.4, -0.2) is 44.9 Å². The van der Waals surface area contributed by atoms with E-state index in [0.29, 0.717) is 41.3 Å². The zero-order valence-corrected chi connectivity index (χ0v) is 18.4. The van der Waals surface area contributed by atoms with E-state index in [1.54, 1.807) is 44.3 Å². The van der Waals surface area contributed by atoms with Gasteiger partial charge in [-0.2, -0.15) is 0 Å². The summed E-state index contributed by atoms with van der Waals surface area (Å²) in [5, 5.41) is 9.39. The number of nitrogens with zero attached hydrogens (tertiary/aromatic N) is 3. The Labute approximate surface area is 185 Å². The molecule has 0 fully saturated rings. The van der Waals surface area contributed by atoms with Crippen molar-refractivity contribution in [1.82, 2.24) is 14.9 Å². The summed E-state index contributed by atoms with van der Waals surface area (Å²) in [4.78, 5) is 34.1. The molecule has 30 heavy (non-hydrogen) atoms. The van der Waals surface area contributed by atoms with Gasteiger partial charge in [0.25, 0.3) is 0 Å². The summed E-state index contributed by atoms with van der Waals surface area (Å²) in [6.07, 6.45) is 2.59. The normalized spacial score (nSPS) is 11.2. The number of aliphatic hydroxyl groups excluding tert-OH is 1. The number of amides is 1. The van der Waals surface area contributed by atoms with Gasteiger partial charge in [0.05, 0.1) is 12.1 Å². The third-order valence-electron chi connectivity index (χ3n) is 4.09. The molecule has 2 rings (SSSR count). The van der Waals surface area contributed by atoms with Gasteiger partial charge in [0, 0.05) is 35.4 Å². The van der Waals surface area contributed by atoms with Crippen molar-refractivity contribution >= 4 is 42.4 Å². The molecule has 0 atom stereocenters. The number of carbonyl (C=O) groups excluding carboxylic acids is 2. The molecule has 0 radical (unpaired) electrons. The Balaban J connectivity index is 0.00000450. The van der Waals surface area contributed by atoms with Crippen molar-refractivity contribution in [3.05, 3.63) is 64.1 Å². The Morgan fingerprint density at radius 3 is 2.63 bits per heavy atom. The molecule has 162 valence electrons. The van der Waals surface area contributed by atoms with Gasteiger partial charge in [0.2, 0.25) is 6.41 Å². The first-order valence-corrected chi connectivity index (χ1v) is 9.90. The molecule has 8 nitrogen and oxygen atoms in total. The van der Waals surface area contributed by atoms with E-state index in [1.165, 1.54) is 16.7 Å². The number of esters is 1. The Kier molecular flexibility index (Phi) is 10.9. The number of aryl methyl sites for hydroxylation is 1. The molecule has 1 amide bonds. The van der Waals surface area contributed by atoms with Crippen molar-refractivity contribution < 1.29 is 19.4 Å². The summed E-state index contributed by atoms with van der Waals surface area (Å²) in [6, 6.07) is 8.67. The first-order valence-electron chi connectivity index (χ1n) is 8.91. The second kappa shape index (κ2) is 12.8. The molecule has 0 saturated carbocycles. The van der Waals surface area contributed by atoms with Crippen LogP contribution in [0.4, 0.5) is 5.82 Å². The Hall–Kier alpha value is -2.62. The lowest BCUT2D eigenvalue weighted by atomic mass is 10.2. The summed E-state index contributed by atoms with van der Waals surface area (Å²) < 4.78 is 5.28. The van der Waals surface area contributed by atoms with Crippen molar-refractivity contribution in [3.8, 4) is 0 Å². The van der Waals surface area contributed by atoms with Gasteiger partial charge in [-0.3, -0.25) is 4.79 Å². The summed E-state index contributed by atoms with van der Waals surface area (Å²) >= 11 is 1.25. The monoisotopic (exact) mass is 452 g/mol. The highest BCUT2D eigenvalue weighted by Crippen LogP contribution is 2.26. The maximum atomic E-state index is 12.1. The number of nitrogens with two attached hydrogens (primary N) is 1. The van der Waals surface area contributed by atoms with Crippen LogP contribution < -0.4 is 5.73 Å². The fraction of sp³-hybridized carbons (Fsp3) is 0.300. The van der Waals surface area contributed by atoms with Crippen LogP contribution in [0.1, 0.15) is 35.1 Å². The highest BCUT2D eigenvalue weighted by Gasteiger charge is 2.15. The lowest BCUT2D eigenvalue weighted by Crippen LogP contribution is -2.22. The van der Waals surface area contributed by atoms with Crippen molar-refractivity contribution in [3.63, 3.8) is 0 Å². The number of aromatic nitrogens is 2. The summed E-state index contributed by atoms with van der Waals surface area (Å²) in [6.45, 7) is 3.59. The zero-order valence-electron chi connectivity index (χ0n) is 16.8. The highest BCUT2D eigenvalue weighted by atomic mass is 35.5. The van der Waals surface area contributed by atoms with Gasteiger partial charge in [-0.25, -0.2) is 14.8 Å². The standard InChI is InChI=1S/C20H24N4O4S.ClH/c1-14(24(12-26)11-17-10-22-15(2)23-19(17)21)18(8-9-25)29-13-28-20(27)16-6-4-3-5-7-16;/h3-7,10,12,25H,8-9,11,13H2,1-2H3,(H2,21,22,23);1H/b18-14+;. The first kappa shape index (κ1) is 25.4. The Morgan fingerprint density at radius 2 is 2.03 bits per heavy atom. The minimum Gasteiger partial charge on any atom is -0.451 e. The number of rotatable bonds is 10.